The third-order valence-electron chi connectivity index (χ3n) is 9.59. The molecule has 30 heavy (non-hydrogen) atoms. The minimum Gasteiger partial charge on any atom is -0.349 e. The third-order valence-corrected chi connectivity index (χ3v) is 9.59. The summed E-state index contributed by atoms with van der Waals surface area (Å²) < 4.78 is 13.5. The van der Waals surface area contributed by atoms with Crippen molar-refractivity contribution in [3.8, 4) is 0 Å². The normalized spacial score (nSPS) is 39.8. The van der Waals surface area contributed by atoms with E-state index in [1.807, 2.05) is 12.1 Å². The Balaban J connectivity index is 1.08. The Labute approximate surface area is 176 Å². The van der Waals surface area contributed by atoms with Crippen LogP contribution in [0.25, 0.3) is 0 Å². The predicted molar refractivity (Wildman–Crippen MR) is 112 cm³/mol. The number of nitrogens with one attached hydrogen (secondary N) is 1. The van der Waals surface area contributed by atoms with E-state index in [0.717, 1.165) is 44.2 Å². The molecule has 4 aliphatic carbocycles. The fourth-order valence-electron chi connectivity index (χ4n) is 8.78. The van der Waals surface area contributed by atoms with Crippen molar-refractivity contribution >= 4 is 5.91 Å². The highest BCUT2D eigenvalue weighted by Crippen LogP contribution is 2.93. The molecule has 5 aliphatic rings. The van der Waals surface area contributed by atoms with Crippen LogP contribution in [0.3, 0.4) is 0 Å². The number of benzene rings is 2. The van der Waals surface area contributed by atoms with Crippen LogP contribution >= 0.6 is 0 Å². The summed E-state index contributed by atoms with van der Waals surface area (Å²) in [5.74, 6) is 1.52. The van der Waals surface area contributed by atoms with E-state index < -0.39 is 0 Å². The van der Waals surface area contributed by atoms with Crippen LogP contribution in [0.5, 0.6) is 0 Å². The van der Waals surface area contributed by atoms with E-state index in [4.69, 9.17) is 0 Å². The summed E-state index contributed by atoms with van der Waals surface area (Å²) in [5, 5.41) is 3.53. The maximum atomic E-state index is 13.5. The van der Waals surface area contributed by atoms with Gasteiger partial charge in [-0.15, -0.1) is 0 Å². The molecule has 3 nitrogen and oxygen atoms in total. The lowest BCUT2D eigenvalue weighted by atomic mass is 9.10. The first-order chi connectivity index (χ1) is 14.6. The summed E-state index contributed by atoms with van der Waals surface area (Å²) in [5.41, 5.74) is 4.52. The molecule has 1 spiro atoms. The van der Waals surface area contributed by atoms with Gasteiger partial charge in [0.2, 0.25) is 5.91 Å². The number of carbonyl (C=O) groups is 1. The molecule has 2 aromatic rings. The Bertz CT molecular complexity index is 1060. The minimum atomic E-state index is -0.163. The van der Waals surface area contributed by atoms with Crippen molar-refractivity contribution in [2.24, 2.45) is 17.3 Å². The molecular weight excluding hydrogens is 375 g/mol. The van der Waals surface area contributed by atoms with E-state index in [9.17, 15) is 9.18 Å². The lowest BCUT2D eigenvalue weighted by molar-refractivity contribution is -0.412. The topological polar surface area (TPSA) is 32.3 Å². The second kappa shape index (κ2) is 5.53. The van der Waals surface area contributed by atoms with Crippen LogP contribution in [-0.4, -0.2) is 29.4 Å². The molecule has 1 N–H and O–H groups in total. The molecule has 5 atom stereocenters. The van der Waals surface area contributed by atoms with Crippen molar-refractivity contribution in [1.29, 1.82) is 0 Å². The minimum absolute atomic E-state index is 0.00199. The lowest BCUT2D eigenvalue weighted by Gasteiger charge is -2.95. The highest BCUT2D eigenvalue weighted by Gasteiger charge is 2.94. The zero-order valence-electron chi connectivity index (χ0n) is 17.2. The van der Waals surface area contributed by atoms with Gasteiger partial charge in [-0.2, -0.15) is 0 Å². The van der Waals surface area contributed by atoms with Gasteiger partial charge in [-0.1, -0.05) is 36.4 Å². The Morgan fingerprint density at radius 3 is 2.60 bits per heavy atom. The Morgan fingerprint density at radius 2 is 1.83 bits per heavy atom. The molecule has 1 heterocycles. The van der Waals surface area contributed by atoms with Crippen molar-refractivity contribution in [3.05, 3.63) is 71.0 Å². The molecule has 4 saturated carbocycles. The van der Waals surface area contributed by atoms with Gasteiger partial charge in [0.05, 0.1) is 6.54 Å². The third kappa shape index (κ3) is 1.84. The maximum absolute atomic E-state index is 13.5. The molecule has 7 rings (SSSR count). The van der Waals surface area contributed by atoms with E-state index in [0.29, 0.717) is 6.54 Å². The van der Waals surface area contributed by atoms with Crippen LogP contribution in [-0.2, 0) is 23.2 Å². The van der Waals surface area contributed by atoms with E-state index >= 15 is 0 Å². The molecular formula is C26H27FN2O. The molecule has 4 heteroatoms. The zero-order valence-corrected chi connectivity index (χ0v) is 17.2. The van der Waals surface area contributed by atoms with Crippen LogP contribution in [0.1, 0.15) is 42.4 Å². The van der Waals surface area contributed by atoms with Gasteiger partial charge in [0.25, 0.3) is 0 Å². The molecule has 1 aliphatic heterocycles. The number of halogens is 1. The van der Waals surface area contributed by atoms with Gasteiger partial charge in [-0.25, -0.2) is 4.39 Å². The smallest absolute Gasteiger partial charge is 0.234 e. The van der Waals surface area contributed by atoms with Crippen LogP contribution in [0.4, 0.5) is 4.39 Å². The predicted octanol–water partition coefficient (Wildman–Crippen LogP) is 3.81. The first-order valence-electron chi connectivity index (χ1n) is 11.4. The molecule has 4 fully saturated rings. The number of amides is 1. The number of hydrogen-bond donors (Lipinski definition) is 1. The van der Waals surface area contributed by atoms with Crippen molar-refractivity contribution in [1.82, 2.24) is 10.2 Å². The maximum Gasteiger partial charge on any atom is 0.234 e. The molecule has 154 valence electrons. The summed E-state index contributed by atoms with van der Waals surface area (Å²) >= 11 is 0. The molecule has 0 bridgehead atoms. The lowest BCUT2D eigenvalue weighted by Crippen LogP contribution is -2.98. The average Bonchev–Trinajstić information content (AvgIpc) is 2.69. The van der Waals surface area contributed by atoms with Gasteiger partial charge in [-0.05, 0) is 72.8 Å². The highest BCUT2D eigenvalue weighted by atomic mass is 19.1. The van der Waals surface area contributed by atoms with E-state index in [-0.39, 0.29) is 28.1 Å². The molecule has 2 aromatic carbocycles. The largest absolute Gasteiger partial charge is 0.349 e. The Morgan fingerprint density at radius 1 is 1.07 bits per heavy atom. The fourth-order valence-corrected chi connectivity index (χ4v) is 8.78. The molecule has 5 unspecified atom stereocenters. The van der Waals surface area contributed by atoms with Crippen molar-refractivity contribution in [2.75, 3.05) is 13.1 Å². The Hall–Kier alpha value is -2.20. The van der Waals surface area contributed by atoms with Crippen LogP contribution in [0.2, 0.25) is 0 Å². The van der Waals surface area contributed by atoms with Crippen molar-refractivity contribution < 1.29 is 9.18 Å². The summed E-state index contributed by atoms with van der Waals surface area (Å²) in [6, 6.07) is 15.8. The number of rotatable bonds is 4. The number of carbonyl (C=O) groups excluding carboxylic acids is 1. The quantitative estimate of drug-likeness (QED) is 0.844. The molecule has 0 aromatic heterocycles. The number of fused-ring (bicyclic) bond motifs is 1. The number of hydrogen-bond acceptors (Lipinski definition) is 2. The van der Waals surface area contributed by atoms with Gasteiger partial charge >= 0.3 is 0 Å². The van der Waals surface area contributed by atoms with Crippen LogP contribution in [0, 0.1) is 23.1 Å². The van der Waals surface area contributed by atoms with Crippen LogP contribution in [0.15, 0.2) is 48.5 Å². The van der Waals surface area contributed by atoms with E-state index in [1.54, 1.807) is 12.1 Å². The molecule has 0 radical (unpaired) electrons. The fraction of sp³-hybridized carbons (Fsp3) is 0.500. The van der Waals surface area contributed by atoms with E-state index in [1.165, 1.54) is 29.5 Å². The van der Waals surface area contributed by atoms with Gasteiger partial charge in [0.15, 0.2) is 0 Å². The van der Waals surface area contributed by atoms with Crippen molar-refractivity contribution in [3.63, 3.8) is 0 Å². The summed E-state index contributed by atoms with van der Waals surface area (Å²) in [6.07, 6.45) is 5.74. The SMILES string of the molecule is O=C(CN1CCc2ccccc2C1)NC12CC3CC4CC(c5ccc(F)cc5)(C1)C342. The van der Waals surface area contributed by atoms with Gasteiger partial charge < -0.3 is 5.32 Å². The van der Waals surface area contributed by atoms with Gasteiger partial charge in [0, 0.05) is 29.5 Å². The summed E-state index contributed by atoms with van der Waals surface area (Å²) in [7, 11) is 0. The standard InChI is InChI=1S/C26H27FN2O/c27-22-7-5-19(6-8-22)24-12-20-11-21-13-25(16-24,26(20,21)24)28-23(30)15-29-10-9-17-3-1-2-4-18(17)14-29/h1-8,20-21H,9-16H2,(H,28,30). The van der Waals surface area contributed by atoms with Gasteiger partial charge in [-0.3, -0.25) is 9.69 Å². The molecule has 1 amide bonds. The second-order valence-electron chi connectivity index (χ2n) is 10.5. The number of nitrogens with zero attached hydrogens (tertiary/aromatic N) is 1. The second-order valence-corrected chi connectivity index (χ2v) is 10.5. The van der Waals surface area contributed by atoms with Gasteiger partial charge in [0.1, 0.15) is 5.82 Å². The zero-order chi connectivity index (χ0) is 20.1. The Kier molecular flexibility index (Phi) is 3.22. The highest BCUT2D eigenvalue weighted by molar-refractivity contribution is 5.80. The summed E-state index contributed by atoms with van der Waals surface area (Å²) in [4.78, 5) is 15.4. The first-order valence-corrected chi connectivity index (χ1v) is 11.4. The monoisotopic (exact) mass is 402 g/mol. The van der Waals surface area contributed by atoms with Crippen LogP contribution < -0.4 is 5.32 Å². The van der Waals surface area contributed by atoms with Crippen molar-refractivity contribution in [2.45, 2.75) is 49.6 Å². The first kappa shape index (κ1) is 17.5. The summed E-state index contributed by atoms with van der Waals surface area (Å²) in [6.45, 7) is 2.31. The molecule has 0 saturated heterocycles. The average molecular weight is 403 g/mol. The van der Waals surface area contributed by atoms with E-state index in [2.05, 4.69) is 34.5 Å².